The molecule has 3 nitrogen and oxygen atoms in total. The van der Waals surface area contributed by atoms with Gasteiger partial charge >= 0.3 is 5.97 Å². The summed E-state index contributed by atoms with van der Waals surface area (Å²) in [6.45, 7) is 1.60. The Morgan fingerprint density at radius 2 is 2.23 bits per heavy atom. The van der Waals surface area contributed by atoms with Crippen LogP contribution >= 0.6 is 11.6 Å². The van der Waals surface area contributed by atoms with Crippen molar-refractivity contribution in [2.75, 3.05) is 0 Å². The molecule has 0 bridgehead atoms. The number of carbonyl (C=O) groups excluding carboxylic acids is 1. The van der Waals surface area contributed by atoms with E-state index in [1.807, 2.05) is 0 Å². The molecule has 0 amide bonds. The Morgan fingerprint density at radius 1 is 1.54 bits per heavy atom. The third-order valence-electron chi connectivity index (χ3n) is 2.93. The fraction of sp³-hybridized carbons (Fsp3) is 0.889. The van der Waals surface area contributed by atoms with Crippen LogP contribution in [0.15, 0.2) is 0 Å². The zero-order chi connectivity index (χ0) is 9.59. The predicted molar refractivity (Wildman–Crippen MR) is 47.4 cm³/mol. The summed E-state index contributed by atoms with van der Waals surface area (Å²) in [6.07, 6.45) is 1.22. The molecule has 0 heterocycles. The standard InChI is InChI=1S/C9H13ClO3/c1-4(10)9(12)13-8-3-7(11)5-2-6(5)8/h4-8,11H,2-3H2,1H3/t4-,5?,6?,7+,8-/m0/s1. The summed E-state index contributed by atoms with van der Waals surface area (Å²) in [5.74, 6) is 0.407. The summed E-state index contributed by atoms with van der Waals surface area (Å²) in [7, 11) is 0. The molecular formula is C9H13ClO3. The van der Waals surface area contributed by atoms with Crippen molar-refractivity contribution in [2.45, 2.75) is 37.4 Å². The number of hydrogen-bond donors (Lipinski definition) is 1. The van der Waals surface area contributed by atoms with Crippen LogP contribution in [-0.4, -0.2) is 28.7 Å². The van der Waals surface area contributed by atoms with Crippen molar-refractivity contribution in [3.05, 3.63) is 0 Å². The van der Waals surface area contributed by atoms with Crippen LogP contribution in [0.5, 0.6) is 0 Å². The highest BCUT2D eigenvalue weighted by Gasteiger charge is 2.55. The second-order valence-electron chi connectivity index (χ2n) is 3.96. The first kappa shape index (κ1) is 9.28. The summed E-state index contributed by atoms with van der Waals surface area (Å²) in [5, 5.41) is 8.85. The number of aliphatic hydroxyl groups is 1. The molecule has 0 spiro atoms. The minimum absolute atomic E-state index is 0.0892. The number of halogens is 1. The summed E-state index contributed by atoms with van der Waals surface area (Å²) < 4.78 is 5.17. The minimum Gasteiger partial charge on any atom is -0.461 e. The maximum absolute atomic E-state index is 11.1. The smallest absolute Gasteiger partial charge is 0.324 e. The van der Waals surface area contributed by atoms with Gasteiger partial charge in [-0.2, -0.15) is 0 Å². The van der Waals surface area contributed by atoms with E-state index in [9.17, 15) is 9.90 Å². The number of ether oxygens (including phenoxy) is 1. The third-order valence-corrected chi connectivity index (χ3v) is 3.11. The molecule has 2 aliphatic carbocycles. The molecule has 2 fully saturated rings. The molecule has 1 N–H and O–H groups in total. The second-order valence-corrected chi connectivity index (χ2v) is 4.61. The van der Waals surface area contributed by atoms with Crippen molar-refractivity contribution in [2.24, 2.45) is 11.8 Å². The normalized spacial score (nSPS) is 43.9. The van der Waals surface area contributed by atoms with E-state index in [1.54, 1.807) is 6.92 Å². The molecule has 13 heavy (non-hydrogen) atoms. The first-order valence-electron chi connectivity index (χ1n) is 4.62. The maximum atomic E-state index is 11.1. The van der Waals surface area contributed by atoms with Gasteiger partial charge in [0.05, 0.1) is 6.10 Å². The topological polar surface area (TPSA) is 46.5 Å². The fourth-order valence-corrected chi connectivity index (χ4v) is 2.12. The van der Waals surface area contributed by atoms with Gasteiger partial charge in [-0.25, -0.2) is 0 Å². The van der Waals surface area contributed by atoms with Crippen LogP contribution in [-0.2, 0) is 9.53 Å². The molecule has 0 aromatic rings. The van der Waals surface area contributed by atoms with Gasteiger partial charge in [0, 0.05) is 12.3 Å². The first-order valence-corrected chi connectivity index (χ1v) is 5.06. The van der Waals surface area contributed by atoms with Crippen LogP contribution in [0.1, 0.15) is 19.8 Å². The molecule has 2 unspecified atom stereocenters. The molecule has 2 rings (SSSR count). The van der Waals surface area contributed by atoms with Crippen LogP contribution in [0, 0.1) is 11.8 Å². The number of fused-ring (bicyclic) bond motifs is 1. The lowest BCUT2D eigenvalue weighted by molar-refractivity contribution is -0.149. The van der Waals surface area contributed by atoms with E-state index in [0.29, 0.717) is 18.3 Å². The number of hydrogen-bond acceptors (Lipinski definition) is 3. The van der Waals surface area contributed by atoms with Crippen molar-refractivity contribution in [1.82, 2.24) is 0 Å². The fourth-order valence-electron chi connectivity index (χ4n) is 2.07. The average molecular weight is 205 g/mol. The number of rotatable bonds is 2. The van der Waals surface area contributed by atoms with Crippen LogP contribution in [0.4, 0.5) is 0 Å². The Kier molecular flexibility index (Phi) is 2.24. The lowest BCUT2D eigenvalue weighted by Gasteiger charge is -2.15. The monoisotopic (exact) mass is 204 g/mol. The van der Waals surface area contributed by atoms with Crippen molar-refractivity contribution >= 4 is 17.6 Å². The van der Waals surface area contributed by atoms with Gasteiger partial charge in [-0.1, -0.05) is 0 Å². The zero-order valence-corrected chi connectivity index (χ0v) is 8.20. The molecule has 2 aliphatic rings. The van der Waals surface area contributed by atoms with E-state index in [4.69, 9.17) is 16.3 Å². The van der Waals surface area contributed by atoms with Crippen molar-refractivity contribution in [3.63, 3.8) is 0 Å². The van der Waals surface area contributed by atoms with Crippen LogP contribution in [0.2, 0.25) is 0 Å². The molecule has 0 aliphatic heterocycles. The zero-order valence-electron chi connectivity index (χ0n) is 7.44. The van der Waals surface area contributed by atoms with Gasteiger partial charge in [0.2, 0.25) is 0 Å². The summed E-state index contributed by atoms with van der Waals surface area (Å²) in [4.78, 5) is 11.1. The Balaban J connectivity index is 1.86. The van der Waals surface area contributed by atoms with Gasteiger partial charge in [-0.3, -0.25) is 4.79 Å². The lowest BCUT2D eigenvalue weighted by atomic mass is 10.2. The van der Waals surface area contributed by atoms with Crippen molar-refractivity contribution < 1.29 is 14.6 Å². The number of carbonyl (C=O) groups is 1. The highest BCUT2D eigenvalue weighted by Crippen LogP contribution is 2.53. The summed E-state index contributed by atoms with van der Waals surface area (Å²) in [6, 6.07) is 0. The molecule has 0 saturated heterocycles. The number of alkyl halides is 1. The molecule has 0 aromatic heterocycles. The second kappa shape index (κ2) is 3.14. The van der Waals surface area contributed by atoms with Gasteiger partial charge in [0.1, 0.15) is 11.5 Å². The molecule has 5 atom stereocenters. The Morgan fingerprint density at radius 3 is 2.62 bits per heavy atom. The van der Waals surface area contributed by atoms with E-state index < -0.39 is 5.38 Å². The first-order chi connectivity index (χ1) is 6.09. The summed E-state index contributed by atoms with van der Waals surface area (Å²) in [5.41, 5.74) is 0. The summed E-state index contributed by atoms with van der Waals surface area (Å²) >= 11 is 5.57. The van der Waals surface area contributed by atoms with E-state index in [0.717, 1.165) is 6.42 Å². The van der Waals surface area contributed by atoms with Crippen molar-refractivity contribution in [1.29, 1.82) is 0 Å². The molecule has 0 aromatic carbocycles. The van der Waals surface area contributed by atoms with Gasteiger partial charge in [-0.15, -0.1) is 11.6 Å². The minimum atomic E-state index is -0.588. The molecule has 0 radical (unpaired) electrons. The van der Waals surface area contributed by atoms with Gasteiger partial charge in [-0.05, 0) is 19.3 Å². The third kappa shape index (κ3) is 1.67. The van der Waals surface area contributed by atoms with Gasteiger partial charge < -0.3 is 9.84 Å². The van der Waals surface area contributed by atoms with E-state index in [-0.39, 0.29) is 18.2 Å². The quantitative estimate of drug-likeness (QED) is 0.538. The van der Waals surface area contributed by atoms with E-state index >= 15 is 0 Å². The Labute approximate surface area is 82.0 Å². The van der Waals surface area contributed by atoms with Gasteiger partial charge in [0.15, 0.2) is 0 Å². The molecule has 74 valence electrons. The van der Waals surface area contributed by atoms with E-state index in [1.165, 1.54) is 0 Å². The highest BCUT2D eigenvalue weighted by atomic mass is 35.5. The predicted octanol–water partition coefficient (Wildman–Crippen LogP) is 0.926. The Bertz CT molecular complexity index is 229. The number of esters is 1. The largest absolute Gasteiger partial charge is 0.461 e. The van der Waals surface area contributed by atoms with Crippen molar-refractivity contribution in [3.8, 4) is 0 Å². The SMILES string of the molecule is C[C@H](Cl)C(=O)O[C@H]1C[C@@H](O)C2CC21. The Hall–Kier alpha value is -0.280. The number of aliphatic hydroxyl groups excluding tert-OH is 1. The molecule has 2 saturated carbocycles. The van der Waals surface area contributed by atoms with Crippen LogP contribution in [0.25, 0.3) is 0 Å². The molecular weight excluding hydrogens is 192 g/mol. The average Bonchev–Trinajstić information content (AvgIpc) is 2.76. The van der Waals surface area contributed by atoms with E-state index in [2.05, 4.69) is 0 Å². The molecule has 4 heteroatoms. The van der Waals surface area contributed by atoms with Crippen LogP contribution < -0.4 is 0 Å². The lowest BCUT2D eigenvalue weighted by Crippen LogP contribution is -2.24. The van der Waals surface area contributed by atoms with Crippen LogP contribution in [0.3, 0.4) is 0 Å². The highest BCUT2D eigenvalue weighted by molar-refractivity contribution is 6.29. The van der Waals surface area contributed by atoms with Gasteiger partial charge in [0.25, 0.3) is 0 Å². The maximum Gasteiger partial charge on any atom is 0.324 e.